The molecular formula is C17H30N4OS. The van der Waals surface area contributed by atoms with Crippen LogP contribution >= 0.6 is 11.9 Å². The topological polar surface area (TPSA) is 30.0 Å². The second kappa shape index (κ2) is 6.90. The van der Waals surface area contributed by atoms with Gasteiger partial charge in [-0.2, -0.15) is 0 Å². The van der Waals surface area contributed by atoms with Gasteiger partial charge in [0.15, 0.2) is 0 Å². The largest absolute Gasteiger partial charge is 0.337 e. The Bertz CT molecular complexity index is 448. The molecule has 0 N–H and O–H groups in total. The zero-order chi connectivity index (χ0) is 15.8. The van der Waals surface area contributed by atoms with Crippen molar-refractivity contribution in [3.63, 3.8) is 0 Å². The Labute approximate surface area is 144 Å². The molecule has 4 rings (SSSR count). The summed E-state index contributed by atoms with van der Waals surface area (Å²) in [6.07, 6.45) is 3.98. The van der Waals surface area contributed by atoms with E-state index >= 15 is 0 Å². The van der Waals surface area contributed by atoms with Crippen molar-refractivity contribution in [2.45, 2.75) is 38.3 Å². The van der Waals surface area contributed by atoms with E-state index in [0.717, 1.165) is 25.7 Å². The number of rotatable bonds is 4. The standard InChI is InChI=1S/C17H30N4OS/c1-2-18-10-16-8-14(9-21(16)17(22)12-18)13-23-20-7-6-19-5-3-4-15(19)11-20/h14-16H,2-13H2,1H3. The van der Waals surface area contributed by atoms with Crippen LogP contribution in [-0.4, -0.2) is 95.1 Å². The minimum Gasteiger partial charge on any atom is -0.337 e. The van der Waals surface area contributed by atoms with Gasteiger partial charge >= 0.3 is 0 Å². The monoisotopic (exact) mass is 338 g/mol. The highest BCUT2D eigenvalue weighted by Gasteiger charge is 2.40. The third-order valence-electron chi connectivity index (χ3n) is 6.14. The molecule has 4 saturated heterocycles. The number of carbonyl (C=O) groups is 1. The molecule has 23 heavy (non-hydrogen) atoms. The van der Waals surface area contributed by atoms with E-state index in [0.29, 0.717) is 24.4 Å². The molecule has 130 valence electrons. The predicted octanol–water partition coefficient (Wildman–Crippen LogP) is 0.967. The first kappa shape index (κ1) is 16.2. The number of hydrogen-bond donors (Lipinski definition) is 0. The van der Waals surface area contributed by atoms with Crippen LogP contribution in [0.25, 0.3) is 0 Å². The van der Waals surface area contributed by atoms with E-state index in [2.05, 4.69) is 37.9 Å². The smallest absolute Gasteiger partial charge is 0.237 e. The summed E-state index contributed by atoms with van der Waals surface area (Å²) in [5.74, 6) is 2.24. The number of likely N-dealkylation sites (N-methyl/N-ethyl adjacent to an activating group) is 1. The van der Waals surface area contributed by atoms with Crippen LogP contribution in [0.5, 0.6) is 0 Å². The van der Waals surface area contributed by atoms with Crippen LogP contribution < -0.4 is 0 Å². The van der Waals surface area contributed by atoms with Gasteiger partial charge in [0.2, 0.25) is 5.91 Å². The highest BCUT2D eigenvalue weighted by molar-refractivity contribution is 7.97. The summed E-state index contributed by atoms with van der Waals surface area (Å²) in [5.41, 5.74) is 0. The first-order chi connectivity index (χ1) is 11.2. The van der Waals surface area contributed by atoms with Gasteiger partial charge in [0.05, 0.1) is 6.54 Å². The summed E-state index contributed by atoms with van der Waals surface area (Å²) in [6, 6.07) is 1.29. The average molecular weight is 339 g/mol. The quantitative estimate of drug-likeness (QED) is 0.713. The summed E-state index contributed by atoms with van der Waals surface area (Å²) >= 11 is 2.05. The molecule has 3 unspecified atom stereocenters. The van der Waals surface area contributed by atoms with E-state index in [4.69, 9.17) is 0 Å². The highest BCUT2D eigenvalue weighted by Crippen LogP contribution is 2.32. The van der Waals surface area contributed by atoms with Crippen molar-refractivity contribution in [1.82, 2.24) is 19.0 Å². The lowest BCUT2D eigenvalue weighted by atomic mass is 10.1. The zero-order valence-corrected chi connectivity index (χ0v) is 15.1. The molecule has 4 aliphatic rings. The Balaban J connectivity index is 1.25. The molecule has 4 heterocycles. The van der Waals surface area contributed by atoms with Gasteiger partial charge in [0.25, 0.3) is 0 Å². The van der Waals surface area contributed by atoms with Gasteiger partial charge in [0.1, 0.15) is 0 Å². The average Bonchev–Trinajstić information content (AvgIpc) is 3.18. The zero-order valence-electron chi connectivity index (χ0n) is 14.3. The van der Waals surface area contributed by atoms with Crippen LogP contribution in [0.3, 0.4) is 0 Å². The molecule has 4 aliphatic heterocycles. The summed E-state index contributed by atoms with van der Waals surface area (Å²) in [5, 5.41) is 0. The minimum absolute atomic E-state index is 0.357. The van der Waals surface area contributed by atoms with Gasteiger partial charge in [-0.3, -0.25) is 14.6 Å². The fourth-order valence-corrected chi connectivity index (χ4v) is 5.94. The molecule has 1 amide bonds. The van der Waals surface area contributed by atoms with Crippen LogP contribution in [0.2, 0.25) is 0 Å². The van der Waals surface area contributed by atoms with E-state index in [1.165, 1.54) is 51.2 Å². The molecule has 0 radical (unpaired) electrons. The summed E-state index contributed by atoms with van der Waals surface area (Å²) in [7, 11) is 0. The lowest BCUT2D eigenvalue weighted by molar-refractivity contribution is -0.137. The normalized spacial score (nSPS) is 36.5. The van der Waals surface area contributed by atoms with Crippen LogP contribution in [0.4, 0.5) is 0 Å². The van der Waals surface area contributed by atoms with E-state index in [1.807, 2.05) is 0 Å². The molecule has 0 aromatic rings. The lowest BCUT2D eigenvalue weighted by Gasteiger charge is -2.37. The molecular weight excluding hydrogens is 308 g/mol. The van der Waals surface area contributed by atoms with Crippen molar-refractivity contribution in [2.24, 2.45) is 5.92 Å². The van der Waals surface area contributed by atoms with Crippen molar-refractivity contribution in [3.8, 4) is 0 Å². The van der Waals surface area contributed by atoms with Gasteiger partial charge < -0.3 is 4.90 Å². The molecule has 0 saturated carbocycles. The number of amides is 1. The highest BCUT2D eigenvalue weighted by atomic mass is 32.2. The van der Waals surface area contributed by atoms with Crippen LogP contribution in [0.1, 0.15) is 26.2 Å². The van der Waals surface area contributed by atoms with Crippen molar-refractivity contribution in [1.29, 1.82) is 0 Å². The SMILES string of the molecule is CCN1CC(=O)N2CC(CSN3CCN4CCCC4C3)CC2C1. The van der Waals surface area contributed by atoms with Crippen molar-refractivity contribution in [2.75, 3.05) is 58.1 Å². The summed E-state index contributed by atoms with van der Waals surface area (Å²) in [6.45, 7) is 10.9. The molecule has 0 aliphatic carbocycles. The van der Waals surface area contributed by atoms with E-state index in [1.54, 1.807) is 0 Å². The van der Waals surface area contributed by atoms with E-state index in [-0.39, 0.29) is 0 Å². The maximum absolute atomic E-state index is 12.3. The molecule has 4 fully saturated rings. The number of hydrogen-bond acceptors (Lipinski definition) is 5. The molecule has 0 bridgehead atoms. The van der Waals surface area contributed by atoms with Crippen LogP contribution in [-0.2, 0) is 4.79 Å². The minimum atomic E-state index is 0.357. The Morgan fingerprint density at radius 3 is 2.91 bits per heavy atom. The number of carbonyl (C=O) groups excluding carboxylic acids is 1. The fraction of sp³-hybridized carbons (Fsp3) is 0.941. The molecule has 0 spiro atoms. The fourth-order valence-electron chi connectivity index (χ4n) is 4.79. The van der Waals surface area contributed by atoms with Crippen LogP contribution in [0.15, 0.2) is 0 Å². The molecule has 6 heteroatoms. The van der Waals surface area contributed by atoms with E-state index < -0.39 is 0 Å². The summed E-state index contributed by atoms with van der Waals surface area (Å²) in [4.78, 5) is 19.4. The molecule has 3 atom stereocenters. The van der Waals surface area contributed by atoms with Crippen LogP contribution in [0, 0.1) is 5.92 Å². The second-order valence-corrected chi connectivity index (χ2v) is 8.75. The first-order valence-corrected chi connectivity index (χ1v) is 10.3. The van der Waals surface area contributed by atoms with Crippen molar-refractivity contribution >= 4 is 17.9 Å². The van der Waals surface area contributed by atoms with Gasteiger partial charge in [0, 0.05) is 50.6 Å². The molecule has 0 aromatic heterocycles. The molecule has 5 nitrogen and oxygen atoms in total. The number of nitrogens with zero attached hydrogens (tertiary/aromatic N) is 4. The summed E-state index contributed by atoms with van der Waals surface area (Å²) < 4.78 is 2.60. The van der Waals surface area contributed by atoms with Gasteiger partial charge in [-0.1, -0.05) is 18.9 Å². The predicted molar refractivity (Wildman–Crippen MR) is 94.3 cm³/mol. The van der Waals surface area contributed by atoms with E-state index in [9.17, 15) is 4.79 Å². The Morgan fingerprint density at radius 2 is 2.04 bits per heavy atom. The van der Waals surface area contributed by atoms with Gasteiger partial charge in [-0.15, -0.1) is 0 Å². The third-order valence-corrected chi connectivity index (χ3v) is 7.46. The van der Waals surface area contributed by atoms with Gasteiger partial charge in [-0.05, 0) is 38.3 Å². The maximum Gasteiger partial charge on any atom is 0.237 e. The lowest BCUT2D eigenvalue weighted by Crippen LogP contribution is -2.53. The number of piperazine rings is 2. The Morgan fingerprint density at radius 1 is 1.13 bits per heavy atom. The van der Waals surface area contributed by atoms with Crippen molar-refractivity contribution in [3.05, 3.63) is 0 Å². The first-order valence-electron chi connectivity index (χ1n) is 9.36. The van der Waals surface area contributed by atoms with Gasteiger partial charge in [-0.25, -0.2) is 4.31 Å². The number of fused-ring (bicyclic) bond motifs is 2. The van der Waals surface area contributed by atoms with Crippen molar-refractivity contribution < 1.29 is 4.79 Å². The Hall–Kier alpha value is -0.300. The molecule has 0 aromatic carbocycles. The third kappa shape index (κ3) is 3.41. The Kier molecular flexibility index (Phi) is 4.86. The second-order valence-electron chi connectivity index (χ2n) is 7.65. The maximum atomic E-state index is 12.3.